The molecule has 0 rings (SSSR count). The van der Waals surface area contributed by atoms with Gasteiger partial charge in [-0.15, -0.1) is 24.5 Å². The van der Waals surface area contributed by atoms with E-state index in [1.807, 2.05) is 0 Å². The maximum atomic E-state index is 5.07. The Labute approximate surface area is 79.5 Å². The van der Waals surface area contributed by atoms with Crippen LogP contribution >= 0.6 is 28.9 Å². The number of hydrogen-bond donors (Lipinski definition) is 2. The lowest BCUT2D eigenvalue weighted by molar-refractivity contribution is 0.706. The average Bonchev–Trinajstić information content (AvgIpc) is 1.78. The summed E-state index contributed by atoms with van der Waals surface area (Å²) in [6.45, 7) is 2.21. The molecular formula is C6H15PS3. The van der Waals surface area contributed by atoms with Crippen LogP contribution in [0.2, 0.25) is 0 Å². The lowest BCUT2D eigenvalue weighted by Crippen LogP contribution is -1.79. The third kappa shape index (κ3) is 9.35. The van der Waals surface area contributed by atoms with Crippen LogP contribution in [0.15, 0.2) is 0 Å². The van der Waals surface area contributed by atoms with E-state index in [0.717, 1.165) is 6.16 Å². The largest absolute Gasteiger partial charge is 0.132 e. The molecule has 0 aromatic heterocycles. The second-order valence-corrected chi connectivity index (χ2v) is 12.8. The Morgan fingerprint density at radius 2 is 1.80 bits per heavy atom. The van der Waals surface area contributed by atoms with Crippen LogP contribution in [-0.4, -0.2) is 6.16 Å². The zero-order valence-electron chi connectivity index (χ0n) is 6.29. The van der Waals surface area contributed by atoms with Crippen LogP contribution in [0, 0.1) is 0 Å². The maximum absolute atomic E-state index is 5.07. The molecule has 0 spiro atoms. The Kier molecular flexibility index (Phi) is 6.73. The van der Waals surface area contributed by atoms with Crippen molar-refractivity contribution in [3.8, 4) is 0 Å². The van der Waals surface area contributed by atoms with Gasteiger partial charge in [0.1, 0.15) is 0 Å². The highest BCUT2D eigenvalue weighted by molar-refractivity contribution is 8.92. The van der Waals surface area contributed by atoms with E-state index in [1.165, 1.54) is 25.7 Å². The van der Waals surface area contributed by atoms with Gasteiger partial charge in [0.2, 0.25) is 0 Å². The number of thiol groups is 2. The van der Waals surface area contributed by atoms with E-state index >= 15 is 0 Å². The van der Waals surface area contributed by atoms with Crippen molar-refractivity contribution in [2.75, 3.05) is 6.16 Å². The second kappa shape index (κ2) is 5.93. The van der Waals surface area contributed by atoms with Gasteiger partial charge in [-0.1, -0.05) is 38.0 Å². The van der Waals surface area contributed by atoms with E-state index in [2.05, 4.69) is 31.4 Å². The fourth-order valence-corrected chi connectivity index (χ4v) is 2.62. The van der Waals surface area contributed by atoms with Crippen LogP contribution in [0.25, 0.3) is 0 Å². The van der Waals surface area contributed by atoms with Gasteiger partial charge in [-0.05, 0) is 12.6 Å². The Balaban J connectivity index is 3.13. The molecule has 62 valence electrons. The molecule has 0 unspecified atom stereocenters. The van der Waals surface area contributed by atoms with Gasteiger partial charge in [0.05, 0.1) is 4.44 Å². The Bertz CT molecular complexity index is 118. The zero-order chi connectivity index (χ0) is 8.04. The fourth-order valence-electron chi connectivity index (χ4n) is 0.745. The van der Waals surface area contributed by atoms with Gasteiger partial charge in [0.25, 0.3) is 0 Å². The Hall–Kier alpha value is 1.35. The first-order valence-corrected chi connectivity index (χ1v) is 8.90. The highest BCUT2D eigenvalue weighted by Gasteiger charge is 2.02. The van der Waals surface area contributed by atoms with Crippen molar-refractivity contribution in [1.29, 1.82) is 0 Å². The normalized spacial score (nSPS) is 11.9. The van der Waals surface area contributed by atoms with E-state index < -0.39 is 4.44 Å². The summed E-state index contributed by atoms with van der Waals surface area (Å²) >= 11 is 13.6. The molecule has 0 N–H and O–H groups in total. The summed E-state index contributed by atoms with van der Waals surface area (Å²) in [5.41, 5.74) is 0. The van der Waals surface area contributed by atoms with E-state index in [1.54, 1.807) is 0 Å². The quantitative estimate of drug-likeness (QED) is 0.399. The molecule has 0 amide bonds. The molecule has 0 atom stereocenters. The third-order valence-corrected chi connectivity index (χ3v) is 3.95. The van der Waals surface area contributed by atoms with Crippen LogP contribution in [0.3, 0.4) is 0 Å². The van der Waals surface area contributed by atoms with Crippen molar-refractivity contribution >= 4 is 40.7 Å². The summed E-state index contributed by atoms with van der Waals surface area (Å²) < 4.78 is -1.48. The minimum atomic E-state index is -1.48. The molecule has 0 radical (unpaired) electrons. The van der Waals surface area contributed by atoms with Gasteiger partial charge >= 0.3 is 0 Å². The van der Waals surface area contributed by atoms with Crippen molar-refractivity contribution in [2.45, 2.75) is 32.6 Å². The monoisotopic (exact) mass is 214 g/mol. The van der Waals surface area contributed by atoms with Crippen molar-refractivity contribution in [3.63, 3.8) is 0 Å². The Morgan fingerprint density at radius 3 is 2.20 bits per heavy atom. The first-order chi connectivity index (χ1) is 4.56. The number of rotatable bonds is 5. The standard InChI is InChI=1S/C6H15PS3/c1-2-3-4-5-6-7(8,9)10/h2-6H2,1H3,(H2,8,9,10). The van der Waals surface area contributed by atoms with Crippen LogP contribution in [0.4, 0.5) is 0 Å². The summed E-state index contributed by atoms with van der Waals surface area (Å²) in [6.07, 6.45) is 6.13. The smallest absolute Gasteiger partial charge is 0.0513 e. The molecule has 0 bridgehead atoms. The van der Waals surface area contributed by atoms with Crippen LogP contribution in [0.5, 0.6) is 0 Å². The third-order valence-electron chi connectivity index (χ3n) is 1.30. The summed E-state index contributed by atoms with van der Waals surface area (Å²) in [6, 6.07) is 0. The molecule has 0 saturated heterocycles. The van der Waals surface area contributed by atoms with Crippen molar-refractivity contribution in [3.05, 3.63) is 0 Å². The first-order valence-electron chi connectivity index (χ1n) is 3.61. The van der Waals surface area contributed by atoms with Crippen LogP contribution < -0.4 is 0 Å². The SMILES string of the molecule is CCCCCCP(=S)(S)S. The summed E-state index contributed by atoms with van der Waals surface area (Å²) in [4.78, 5) is 0. The maximum Gasteiger partial charge on any atom is 0.0513 e. The minimum absolute atomic E-state index is 1.04. The van der Waals surface area contributed by atoms with Gasteiger partial charge in [0, 0.05) is 0 Å². The second-order valence-electron chi connectivity index (χ2n) is 2.45. The van der Waals surface area contributed by atoms with E-state index in [0.29, 0.717) is 0 Å². The lowest BCUT2D eigenvalue weighted by Gasteiger charge is -2.06. The molecule has 0 fully saturated rings. The van der Waals surface area contributed by atoms with Gasteiger partial charge in [0.15, 0.2) is 0 Å². The molecule has 0 aliphatic rings. The van der Waals surface area contributed by atoms with E-state index in [9.17, 15) is 0 Å². The molecule has 0 nitrogen and oxygen atoms in total. The Morgan fingerprint density at radius 1 is 1.20 bits per heavy atom. The van der Waals surface area contributed by atoms with Crippen LogP contribution in [0.1, 0.15) is 32.6 Å². The van der Waals surface area contributed by atoms with Gasteiger partial charge in [-0.25, -0.2) is 0 Å². The fraction of sp³-hybridized carbons (Fsp3) is 1.00. The van der Waals surface area contributed by atoms with E-state index in [4.69, 9.17) is 11.8 Å². The highest BCUT2D eigenvalue weighted by atomic mass is 33.2. The average molecular weight is 214 g/mol. The molecule has 0 aromatic rings. The predicted octanol–water partition coefficient (Wildman–Crippen LogP) is 3.74. The van der Waals surface area contributed by atoms with Crippen molar-refractivity contribution in [2.24, 2.45) is 0 Å². The zero-order valence-corrected chi connectivity index (χ0v) is 9.79. The van der Waals surface area contributed by atoms with Crippen LogP contribution in [-0.2, 0) is 11.8 Å². The molecule has 0 heterocycles. The lowest BCUT2D eigenvalue weighted by atomic mass is 10.2. The molecule has 10 heavy (non-hydrogen) atoms. The highest BCUT2D eigenvalue weighted by Crippen LogP contribution is 2.56. The molecule has 4 heteroatoms. The molecule has 0 saturated carbocycles. The molecule has 0 aliphatic carbocycles. The molecular weight excluding hydrogens is 199 g/mol. The van der Waals surface area contributed by atoms with Crippen molar-refractivity contribution < 1.29 is 0 Å². The van der Waals surface area contributed by atoms with E-state index in [-0.39, 0.29) is 0 Å². The molecule has 0 aliphatic heterocycles. The predicted molar refractivity (Wildman–Crippen MR) is 61.3 cm³/mol. The summed E-state index contributed by atoms with van der Waals surface area (Å²) in [5.74, 6) is 0. The van der Waals surface area contributed by atoms with Gasteiger partial charge < -0.3 is 0 Å². The minimum Gasteiger partial charge on any atom is -0.132 e. The van der Waals surface area contributed by atoms with Gasteiger partial charge in [-0.3, -0.25) is 0 Å². The summed E-state index contributed by atoms with van der Waals surface area (Å²) in [5, 5.41) is 0. The topological polar surface area (TPSA) is 0 Å². The van der Waals surface area contributed by atoms with Gasteiger partial charge in [-0.2, -0.15) is 0 Å². The van der Waals surface area contributed by atoms with Crippen molar-refractivity contribution in [1.82, 2.24) is 0 Å². The summed E-state index contributed by atoms with van der Waals surface area (Å²) in [7, 11) is 0. The number of unbranched alkanes of at least 4 members (excludes halogenated alkanes) is 3. The number of hydrogen-bond acceptors (Lipinski definition) is 1. The first kappa shape index (κ1) is 11.4. The molecule has 0 aromatic carbocycles.